The number of ether oxygens (including phenoxy) is 1. The van der Waals surface area contributed by atoms with Crippen molar-refractivity contribution in [2.24, 2.45) is 5.73 Å². The Morgan fingerprint density at radius 1 is 1.00 bits per heavy atom. The van der Waals surface area contributed by atoms with Gasteiger partial charge in [-0.25, -0.2) is 4.79 Å². The van der Waals surface area contributed by atoms with Crippen LogP contribution in [0.15, 0.2) is 48.5 Å². The van der Waals surface area contributed by atoms with E-state index < -0.39 is 5.97 Å². The Labute approximate surface area is 135 Å². The van der Waals surface area contributed by atoms with E-state index >= 15 is 0 Å². The summed E-state index contributed by atoms with van der Waals surface area (Å²) in [5.74, 6) is -0.0234. The zero-order valence-electron chi connectivity index (χ0n) is 12.4. The molecule has 3 N–H and O–H groups in total. The topological polar surface area (TPSA) is 79.4 Å². The first kappa shape index (κ1) is 17.5. The molecule has 0 heterocycles. The lowest BCUT2D eigenvalue weighted by atomic mass is 10.2. The van der Waals surface area contributed by atoms with Crippen LogP contribution in [-0.2, 0) is 0 Å². The number of rotatable bonds is 4. The van der Waals surface area contributed by atoms with Crippen LogP contribution < -0.4 is 15.4 Å². The highest BCUT2D eigenvalue weighted by Crippen LogP contribution is 2.16. The minimum atomic E-state index is -0.420. The third kappa shape index (κ3) is 4.23. The van der Waals surface area contributed by atoms with Gasteiger partial charge in [-0.3, -0.25) is 5.41 Å². The molecule has 0 aliphatic carbocycles. The Bertz CT molecular complexity index is 652. The van der Waals surface area contributed by atoms with Crippen molar-refractivity contribution in [3.63, 3.8) is 0 Å². The largest absolute Gasteiger partial charge is 0.423 e. The monoisotopic (exact) mass is 319 g/mol. The van der Waals surface area contributed by atoms with Gasteiger partial charge in [-0.05, 0) is 48.5 Å². The highest BCUT2D eigenvalue weighted by molar-refractivity contribution is 5.95. The molecule has 0 aliphatic rings. The van der Waals surface area contributed by atoms with Crippen molar-refractivity contribution >= 4 is 29.9 Å². The maximum Gasteiger partial charge on any atom is 0.343 e. The summed E-state index contributed by atoms with van der Waals surface area (Å²) in [6.07, 6.45) is 0. The average Bonchev–Trinajstić information content (AvgIpc) is 2.47. The predicted octanol–water partition coefficient (Wildman–Crippen LogP) is 2.68. The van der Waals surface area contributed by atoms with Gasteiger partial charge in [-0.15, -0.1) is 12.4 Å². The van der Waals surface area contributed by atoms with Crippen LogP contribution in [0.1, 0.15) is 15.9 Å². The SMILES string of the molecule is CN(C)c1ccc(C(=O)Oc2ccc(C(=N)N)cc2)cc1.Cl. The van der Waals surface area contributed by atoms with E-state index in [1.165, 1.54) is 0 Å². The van der Waals surface area contributed by atoms with Crippen LogP contribution in [0.3, 0.4) is 0 Å². The predicted molar refractivity (Wildman–Crippen MR) is 90.4 cm³/mol. The van der Waals surface area contributed by atoms with Gasteiger partial charge in [0.05, 0.1) is 5.56 Å². The first-order chi connectivity index (χ1) is 9.97. The molecule has 5 nitrogen and oxygen atoms in total. The lowest BCUT2D eigenvalue weighted by Crippen LogP contribution is -2.12. The van der Waals surface area contributed by atoms with Crippen molar-refractivity contribution in [2.45, 2.75) is 0 Å². The number of benzene rings is 2. The van der Waals surface area contributed by atoms with Crippen molar-refractivity contribution in [3.8, 4) is 5.75 Å². The van der Waals surface area contributed by atoms with Gasteiger partial charge in [-0.1, -0.05) is 0 Å². The smallest absolute Gasteiger partial charge is 0.343 e. The van der Waals surface area contributed by atoms with Crippen molar-refractivity contribution in [2.75, 3.05) is 19.0 Å². The molecule has 0 unspecified atom stereocenters. The fourth-order valence-corrected chi connectivity index (χ4v) is 1.76. The summed E-state index contributed by atoms with van der Waals surface area (Å²) in [6.45, 7) is 0. The van der Waals surface area contributed by atoms with Crippen LogP contribution in [0.5, 0.6) is 5.75 Å². The molecule has 0 aromatic heterocycles. The van der Waals surface area contributed by atoms with Gasteiger partial charge in [0.25, 0.3) is 0 Å². The molecular weight excluding hydrogens is 302 g/mol. The van der Waals surface area contributed by atoms with Crippen molar-refractivity contribution in [3.05, 3.63) is 59.7 Å². The number of anilines is 1. The van der Waals surface area contributed by atoms with Crippen molar-refractivity contribution < 1.29 is 9.53 Å². The summed E-state index contributed by atoms with van der Waals surface area (Å²) >= 11 is 0. The molecule has 0 atom stereocenters. The zero-order valence-corrected chi connectivity index (χ0v) is 13.2. The lowest BCUT2D eigenvalue weighted by molar-refractivity contribution is 0.0735. The van der Waals surface area contributed by atoms with E-state index in [1.54, 1.807) is 36.4 Å². The summed E-state index contributed by atoms with van der Waals surface area (Å²) in [4.78, 5) is 14.0. The van der Waals surface area contributed by atoms with Crippen LogP contribution >= 0.6 is 12.4 Å². The highest BCUT2D eigenvalue weighted by Gasteiger charge is 2.09. The van der Waals surface area contributed by atoms with E-state index in [2.05, 4.69) is 0 Å². The van der Waals surface area contributed by atoms with Crippen molar-refractivity contribution in [1.29, 1.82) is 5.41 Å². The highest BCUT2D eigenvalue weighted by atomic mass is 35.5. The molecule has 0 radical (unpaired) electrons. The summed E-state index contributed by atoms with van der Waals surface area (Å²) in [7, 11) is 3.87. The molecule has 0 bridgehead atoms. The molecule has 0 amide bonds. The first-order valence-electron chi connectivity index (χ1n) is 6.41. The molecule has 6 heteroatoms. The van der Waals surface area contributed by atoms with Gasteiger partial charge in [0, 0.05) is 25.3 Å². The molecule has 22 heavy (non-hydrogen) atoms. The lowest BCUT2D eigenvalue weighted by Gasteiger charge is -2.12. The van der Waals surface area contributed by atoms with Crippen molar-refractivity contribution in [1.82, 2.24) is 0 Å². The number of hydrogen-bond donors (Lipinski definition) is 2. The Hall–Kier alpha value is -2.53. The molecule has 0 aliphatic heterocycles. The normalized spacial score (nSPS) is 9.55. The molecule has 2 aromatic carbocycles. The van der Waals surface area contributed by atoms with E-state index in [0.29, 0.717) is 16.9 Å². The molecule has 2 rings (SSSR count). The molecular formula is C16H18ClN3O2. The van der Waals surface area contributed by atoms with E-state index in [1.807, 2.05) is 31.1 Å². The number of hydrogen-bond acceptors (Lipinski definition) is 4. The Morgan fingerprint density at radius 3 is 1.95 bits per heavy atom. The molecule has 0 fully saturated rings. The number of esters is 1. The standard InChI is InChI=1S/C16H17N3O2.ClH/c1-19(2)13-7-3-12(4-8-13)16(20)21-14-9-5-11(6-10-14)15(17)18;/h3-10H,1-2H3,(H3,17,18);1H. The fourth-order valence-electron chi connectivity index (χ4n) is 1.76. The Balaban J connectivity index is 0.00000242. The van der Waals surface area contributed by atoms with E-state index in [9.17, 15) is 4.79 Å². The molecule has 2 aromatic rings. The molecule has 0 spiro atoms. The van der Waals surface area contributed by atoms with Gasteiger partial charge < -0.3 is 15.4 Å². The number of nitrogens with one attached hydrogen (secondary N) is 1. The Morgan fingerprint density at radius 2 is 1.50 bits per heavy atom. The van der Waals surface area contributed by atoms with Crippen LogP contribution in [-0.4, -0.2) is 25.9 Å². The van der Waals surface area contributed by atoms with Crippen LogP contribution in [0.2, 0.25) is 0 Å². The number of halogens is 1. The number of nitrogens with two attached hydrogens (primary N) is 1. The second-order valence-corrected chi connectivity index (χ2v) is 4.77. The number of nitrogen functional groups attached to an aromatic ring is 1. The summed E-state index contributed by atoms with van der Waals surface area (Å²) < 4.78 is 5.27. The molecule has 116 valence electrons. The summed E-state index contributed by atoms with van der Waals surface area (Å²) in [5.41, 5.74) is 7.45. The minimum absolute atomic E-state index is 0. The summed E-state index contributed by atoms with van der Waals surface area (Å²) in [6, 6.07) is 13.7. The van der Waals surface area contributed by atoms with Gasteiger partial charge in [0.2, 0.25) is 0 Å². The average molecular weight is 320 g/mol. The second-order valence-electron chi connectivity index (χ2n) is 4.77. The Kier molecular flexibility index (Phi) is 5.95. The number of amidine groups is 1. The van der Waals surface area contributed by atoms with E-state index in [-0.39, 0.29) is 18.2 Å². The summed E-state index contributed by atoms with van der Waals surface area (Å²) in [5, 5.41) is 7.30. The van der Waals surface area contributed by atoms with E-state index in [0.717, 1.165) is 5.69 Å². The quantitative estimate of drug-likeness (QED) is 0.393. The van der Waals surface area contributed by atoms with Crippen LogP contribution in [0, 0.1) is 5.41 Å². The van der Waals surface area contributed by atoms with E-state index in [4.69, 9.17) is 15.9 Å². The number of carbonyl (C=O) groups excluding carboxylic acids is 1. The molecule has 0 saturated carbocycles. The second kappa shape index (κ2) is 7.47. The number of nitrogens with zero attached hydrogens (tertiary/aromatic N) is 1. The maximum absolute atomic E-state index is 12.0. The third-order valence-electron chi connectivity index (χ3n) is 3.00. The zero-order chi connectivity index (χ0) is 15.4. The molecule has 0 saturated heterocycles. The van der Waals surface area contributed by atoms with Gasteiger partial charge in [-0.2, -0.15) is 0 Å². The van der Waals surface area contributed by atoms with Gasteiger partial charge in [0.1, 0.15) is 11.6 Å². The first-order valence-corrected chi connectivity index (χ1v) is 6.41. The maximum atomic E-state index is 12.0. The van der Waals surface area contributed by atoms with Crippen LogP contribution in [0.4, 0.5) is 5.69 Å². The van der Waals surface area contributed by atoms with Gasteiger partial charge in [0.15, 0.2) is 0 Å². The third-order valence-corrected chi connectivity index (χ3v) is 3.00. The minimum Gasteiger partial charge on any atom is -0.423 e. The van der Waals surface area contributed by atoms with Crippen LogP contribution in [0.25, 0.3) is 0 Å². The number of carbonyl (C=O) groups is 1. The fraction of sp³-hybridized carbons (Fsp3) is 0.125. The van der Waals surface area contributed by atoms with Gasteiger partial charge >= 0.3 is 5.97 Å².